The van der Waals surface area contributed by atoms with Gasteiger partial charge in [-0.15, -0.1) is 0 Å². The summed E-state index contributed by atoms with van der Waals surface area (Å²) in [6.45, 7) is 3.57. The highest BCUT2D eigenvalue weighted by Gasteiger charge is 1.93. The van der Waals surface area contributed by atoms with E-state index < -0.39 is 0 Å². The molecule has 0 aromatic rings. The molecular weight excluding hydrogens is 220 g/mol. The Morgan fingerprint density at radius 1 is 0.556 bits per heavy atom. The minimum Gasteiger partial charge on any atom is -0.390 e. The Kier molecular flexibility index (Phi) is 16.9. The van der Waals surface area contributed by atoms with Crippen LogP contribution in [-0.2, 0) is 0 Å². The van der Waals surface area contributed by atoms with Gasteiger partial charge in [-0.1, -0.05) is 96.8 Å². The topological polar surface area (TPSA) is 20.2 Å². The average Bonchev–Trinajstić information content (AvgIpc) is 2.39. The van der Waals surface area contributed by atoms with Crippen molar-refractivity contribution in [2.45, 2.75) is 103 Å². The van der Waals surface area contributed by atoms with Gasteiger partial charge in [0.15, 0.2) is 0 Å². The average molecular weight is 255 g/mol. The Morgan fingerprint density at radius 3 is 1.22 bits per heavy atom. The molecule has 1 N–H and O–H groups in total. The van der Waals surface area contributed by atoms with E-state index in [2.05, 4.69) is 6.92 Å². The minimum absolute atomic E-state index is 0.873. The molecule has 0 spiro atoms. The Labute approximate surface area is 115 Å². The molecule has 0 atom stereocenters. The zero-order valence-electron chi connectivity index (χ0n) is 12.6. The molecule has 0 fully saturated rings. The van der Waals surface area contributed by atoms with Crippen molar-refractivity contribution in [3.05, 3.63) is 6.61 Å². The molecule has 1 heteroatoms. The third-order valence-corrected chi connectivity index (χ3v) is 3.69. The van der Waals surface area contributed by atoms with Gasteiger partial charge in [0, 0.05) is 0 Å². The monoisotopic (exact) mass is 255 g/mol. The van der Waals surface area contributed by atoms with E-state index in [0.29, 0.717) is 0 Å². The quantitative estimate of drug-likeness (QED) is 0.336. The van der Waals surface area contributed by atoms with Gasteiger partial charge in [-0.25, -0.2) is 0 Å². The molecule has 0 aliphatic heterocycles. The molecule has 109 valence electrons. The van der Waals surface area contributed by atoms with Crippen LogP contribution >= 0.6 is 0 Å². The van der Waals surface area contributed by atoms with Crippen molar-refractivity contribution in [3.63, 3.8) is 0 Å². The van der Waals surface area contributed by atoms with E-state index in [4.69, 9.17) is 5.11 Å². The van der Waals surface area contributed by atoms with E-state index in [9.17, 15) is 0 Å². The van der Waals surface area contributed by atoms with Crippen LogP contribution in [0.4, 0.5) is 0 Å². The van der Waals surface area contributed by atoms with Crippen LogP contribution < -0.4 is 0 Å². The molecular formula is C17H35O. The molecule has 0 aromatic carbocycles. The van der Waals surface area contributed by atoms with E-state index in [-0.39, 0.29) is 0 Å². The Hall–Kier alpha value is -0.0400. The van der Waals surface area contributed by atoms with Crippen molar-refractivity contribution in [2.75, 3.05) is 0 Å². The van der Waals surface area contributed by atoms with Crippen molar-refractivity contribution in [1.82, 2.24) is 0 Å². The molecule has 18 heavy (non-hydrogen) atoms. The van der Waals surface area contributed by atoms with Gasteiger partial charge in [-0.2, -0.15) is 0 Å². The predicted octanol–water partition coefficient (Wildman–Crippen LogP) is 6.39. The lowest BCUT2D eigenvalue weighted by Gasteiger charge is -2.02. The maximum Gasteiger partial charge on any atom is 0.0799 e. The van der Waals surface area contributed by atoms with Gasteiger partial charge in [0.1, 0.15) is 0 Å². The van der Waals surface area contributed by atoms with Crippen molar-refractivity contribution < 1.29 is 5.11 Å². The van der Waals surface area contributed by atoms with Gasteiger partial charge in [0.25, 0.3) is 0 Å². The van der Waals surface area contributed by atoms with E-state index >= 15 is 0 Å². The fraction of sp³-hybridized carbons (Fsp3) is 0.941. The fourth-order valence-corrected chi connectivity index (χ4v) is 2.43. The second kappa shape index (κ2) is 17.0. The zero-order valence-corrected chi connectivity index (χ0v) is 12.6. The molecule has 0 bridgehead atoms. The molecule has 0 saturated carbocycles. The molecule has 0 aromatic heterocycles. The van der Waals surface area contributed by atoms with Crippen molar-refractivity contribution in [1.29, 1.82) is 0 Å². The van der Waals surface area contributed by atoms with Gasteiger partial charge in [0.05, 0.1) is 6.61 Å². The lowest BCUT2D eigenvalue weighted by Crippen LogP contribution is -1.83. The van der Waals surface area contributed by atoms with Crippen molar-refractivity contribution in [2.24, 2.45) is 0 Å². The summed E-state index contributed by atoms with van der Waals surface area (Å²) < 4.78 is 0. The molecule has 0 amide bonds. The number of rotatable bonds is 15. The van der Waals surface area contributed by atoms with Gasteiger partial charge < -0.3 is 5.11 Å². The Morgan fingerprint density at radius 2 is 0.889 bits per heavy atom. The number of hydrogen-bond acceptors (Lipinski definition) is 1. The second-order valence-electron chi connectivity index (χ2n) is 5.57. The first-order chi connectivity index (χ1) is 8.91. The van der Waals surface area contributed by atoms with Crippen LogP contribution in [0.5, 0.6) is 0 Å². The largest absolute Gasteiger partial charge is 0.390 e. The van der Waals surface area contributed by atoms with E-state index in [0.717, 1.165) is 12.8 Å². The van der Waals surface area contributed by atoms with Gasteiger partial charge >= 0.3 is 0 Å². The standard InChI is InChI=1S/C17H35O/c1-2-3-4-5-6-7-8-9-10-11-12-13-14-15-16-17-18/h17-18H,2-16H2,1H3. The fourth-order valence-electron chi connectivity index (χ4n) is 2.43. The predicted molar refractivity (Wildman–Crippen MR) is 81.2 cm³/mol. The molecule has 0 heterocycles. The first-order valence-corrected chi connectivity index (χ1v) is 8.37. The summed E-state index contributed by atoms with van der Waals surface area (Å²) in [6, 6.07) is 0. The van der Waals surface area contributed by atoms with Crippen molar-refractivity contribution in [3.8, 4) is 0 Å². The highest BCUT2D eigenvalue weighted by Crippen LogP contribution is 2.13. The number of aliphatic hydroxyl groups excluding tert-OH is 1. The molecule has 0 aliphatic carbocycles. The Balaban J connectivity index is 2.86. The minimum atomic E-state index is 0.873. The summed E-state index contributed by atoms with van der Waals surface area (Å²) in [6.07, 6.45) is 20.4. The van der Waals surface area contributed by atoms with Crippen LogP contribution in [0.1, 0.15) is 103 Å². The summed E-state index contributed by atoms with van der Waals surface area (Å²) >= 11 is 0. The molecule has 1 radical (unpaired) electrons. The van der Waals surface area contributed by atoms with Crippen LogP contribution in [0, 0.1) is 6.61 Å². The van der Waals surface area contributed by atoms with Crippen LogP contribution in [0.25, 0.3) is 0 Å². The molecule has 0 unspecified atom stereocenters. The third-order valence-electron chi connectivity index (χ3n) is 3.69. The van der Waals surface area contributed by atoms with Crippen LogP contribution in [-0.4, -0.2) is 5.11 Å². The normalized spacial score (nSPS) is 11.0. The molecule has 0 saturated heterocycles. The molecule has 1 nitrogen and oxygen atoms in total. The van der Waals surface area contributed by atoms with Crippen LogP contribution in [0.2, 0.25) is 0 Å². The van der Waals surface area contributed by atoms with Gasteiger partial charge in [-0.05, 0) is 6.42 Å². The maximum absolute atomic E-state index is 8.53. The first-order valence-electron chi connectivity index (χ1n) is 8.37. The summed E-state index contributed by atoms with van der Waals surface area (Å²) in [5.41, 5.74) is 0. The zero-order chi connectivity index (χ0) is 13.3. The van der Waals surface area contributed by atoms with E-state index in [1.165, 1.54) is 90.1 Å². The third kappa shape index (κ3) is 16.0. The summed E-state index contributed by atoms with van der Waals surface area (Å²) in [5, 5.41) is 8.53. The van der Waals surface area contributed by atoms with E-state index in [1.807, 2.05) is 0 Å². The smallest absolute Gasteiger partial charge is 0.0799 e. The summed E-state index contributed by atoms with van der Waals surface area (Å²) in [7, 11) is 0. The lowest BCUT2D eigenvalue weighted by atomic mass is 10.0. The second-order valence-corrected chi connectivity index (χ2v) is 5.57. The SMILES string of the molecule is CCCCCCCCCCCCCCCC[CH]O. The highest BCUT2D eigenvalue weighted by molar-refractivity contribution is 4.51. The molecule has 0 rings (SSSR count). The highest BCUT2D eigenvalue weighted by atomic mass is 16.2. The lowest BCUT2D eigenvalue weighted by molar-refractivity contribution is 0.367. The van der Waals surface area contributed by atoms with Crippen LogP contribution in [0.3, 0.4) is 0 Å². The Bertz CT molecular complexity index is 118. The number of aliphatic hydroxyl groups is 1. The number of unbranched alkanes of at least 4 members (excludes halogenated alkanes) is 14. The van der Waals surface area contributed by atoms with Gasteiger partial charge in [-0.3, -0.25) is 0 Å². The van der Waals surface area contributed by atoms with E-state index in [1.54, 1.807) is 0 Å². The summed E-state index contributed by atoms with van der Waals surface area (Å²) in [4.78, 5) is 0. The number of hydrogen-bond donors (Lipinski definition) is 1. The summed E-state index contributed by atoms with van der Waals surface area (Å²) in [5.74, 6) is 0. The van der Waals surface area contributed by atoms with Crippen LogP contribution in [0.15, 0.2) is 0 Å². The van der Waals surface area contributed by atoms with Gasteiger partial charge in [0.2, 0.25) is 0 Å². The molecule has 0 aliphatic rings. The first kappa shape index (κ1) is 18.0. The van der Waals surface area contributed by atoms with Crippen molar-refractivity contribution >= 4 is 0 Å². The maximum atomic E-state index is 8.53.